The second-order valence-electron chi connectivity index (χ2n) is 6.01. The van der Waals surface area contributed by atoms with Crippen LogP contribution in [0.3, 0.4) is 0 Å². The molecular weight excluding hydrogens is 382 g/mol. The van der Waals surface area contributed by atoms with Gasteiger partial charge < -0.3 is 15.3 Å². The van der Waals surface area contributed by atoms with Crippen molar-refractivity contribution in [1.29, 1.82) is 0 Å². The molecular formula is C18H15Cl2FN2O3. The zero-order valence-corrected chi connectivity index (χ0v) is 15.0. The average Bonchev–Trinajstić information content (AvgIpc) is 2.88. The van der Waals surface area contributed by atoms with E-state index in [4.69, 9.17) is 23.2 Å². The van der Waals surface area contributed by atoms with Gasteiger partial charge in [0.15, 0.2) is 0 Å². The van der Waals surface area contributed by atoms with Crippen LogP contribution in [0.15, 0.2) is 42.5 Å². The molecule has 1 atom stereocenters. The number of hydrogen-bond acceptors (Lipinski definition) is 3. The van der Waals surface area contributed by atoms with E-state index < -0.39 is 23.2 Å². The molecule has 5 nitrogen and oxygen atoms in total. The number of hydrogen-bond donors (Lipinski definition) is 2. The molecule has 0 bridgehead atoms. The summed E-state index contributed by atoms with van der Waals surface area (Å²) in [7, 11) is 0. The zero-order chi connectivity index (χ0) is 18.9. The standard InChI is InChI=1S/C18H15Cl2FN2O3/c19-12-2-1-3-15(9-12)23-5-4-18(26,17(23)25)16(24)22-10-11-6-13(20)8-14(21)7-11/h1-3,6-9,26H,4-5,10H2,(H,22,24). The maximum absolute atomic E-state index is 13.3. The molecule has 1 aliphatic heterocycles. The van der Waals surface area contributed by atoms with Crippen molar-refractivity contribution in [2.24, 2.45) is 0 Å². The van der Waals surface area contributed by atoms with Gasteiger partial charge in [-0.15, -0.1) is 0 Å². The Bertz CT molecular complexity index is 857. The molecule has 26 heavy (non-hydrogen) atoms. The zero-order valence-electron chi connectivity index (χ0n) is 13.5. The van der Waals surface area contributed by atoms with Crippen LogP contribution in [0.1, 0.15) is 12.0 Å². The highest BCUT2D eigenvalue weighted by Gasteiger charge is 2.51. The van der Waals surface area contributed by atoms with Crippen molar-refractivity contribution in [3.8, 4) is 0 Å². The van der Waals surface area contributed by atoms with E-state index in [1.54, 1.807) is 24.3 Å². The Kier molecular flexibility index (Phi) is 5.18. The molecule has 1 aliphatic rings. The Hall–Kier alpha value is -2.15. The fraction of sp³-hybridized carbons (Fsp3) is 0.222. The van der Waals surface area contributed by atoms with Gasteiger partial charge in [-0.25, -0.2) is 4.39 Å². The number of anilines is 1. The van der Waals surface area contributed by atoms with Crippen molar-refractivity contribution in [2.45, 2.75) is 18.6 Å². The molecule has 0 radical (unpaired) electrons. The first kappa shape index (κ1) is 18.6. The minimum atomic E-state index is -2.18. The van der Waals surface area contributed by atoms with Crippen LogP contribution in [-0.2, 0) is 16.1 Å². The lowest BCUT2D eigenvalue weighted by atomic mass is 10.0. The van der Waals surface area contributed by atoms with Gasteiger partial charge in [0.2, 0.25) is 5.60 Å². The maximum atomic E-state index is 13.3. The van der Waals surface area contributed by atoms with Crippen molar-refractivity contribution >= 4 is 40.7 Å². The van der Waals surface area contributed by atoms with Crippen molar-refractivity contribution < 1.29 is 19.1 Å². The fourth-order valence-corrected chi connectivity index (χ4v) is 3.28. The van der Waals surface area contributed by atoms with Gasteiger partial charge in [-0.2, -0.15) is 0 Å². The normalized spacial score (nSPS) is 19.7. The van der Waals surface area contributed by atoms with Gasteiger partial charge in [0.25, 0.3) is 11.8 Å². The minimum Gasteiger partial charge on any atom is -0.372 e. The highest BCUT2D eigenvalue weighted by Crippen LogP contribution is 2.30. The number of benzene rings is 2. The number of amides is 2. The highest BCUT2D eigenvalue weighted by atomic mass is 35.5. The van der Waals surface area contributed by atoms with Gasteiger partial charge in [-0.1, -0.05) is 29.3 Å². The van der Waals surface area contributed by atoms with Crippen LogP contribution in [0.25, 0.3) is 0 Å². The summed E-state index contributed by atoms with van der Waals surface area (Å²) in [5.41, 5.74) is -1.26. The van der Waals surface area contributed by atoms with Crippen LogP contribution in [0, 0.1) is 5.82 Å². The number of halogens is 3. The highest BCUT2D eigenvalue weighted by molar-refractivity contribution is 6.31. The van der Waals surface area contributed by atoms with Crippen molar-refractivity contribution in [3.63, 3.8) is 0 Å². The molecule has 1 unspecified atom stereocenters. The molecule has 136 valence electrons. The number of carbonyl (C=O) groups is 2. The number of carbonyl (C=O) groups excluding carboxylic acids is 2. The molecule has 3 rings (SSSR count). The van der Waals surface area contributed by atoms with Gasteiger partial charge in [-0.05, 0) is 42.0 Å². The minimum absolute atomic E-state index is 0.0614. The Labute approximate surface area is 159 Å². The van der Waals surface area contributed by atoms with Crippen molar-refractivity contribution in [2.75, 3.05) is 11.4 Å². The quantitative estimate of drug-likeness (QED) is 0.780. The lowest BCUT2D eigenvalue weighted by Gasteiger charge is -2.22. The van der Waals surface area contributed by atoms with E-state index in [2.05, 4.69) is 5.32 Å². The summed E-state index contributed by atoms with van der Waals surface area (Å²) in [6.07, 6.45) is -0.0614. The van der Waals surface area contributed by atoms with E-state index >= 15 is 0 Å². The summed E-state index contributed by atoms with van der Waals surface area (Å²) in [4.78, 5) is 26.3. The largest absolute Gasteiger partial charge is 0.372 e. The molecule has 1 fully saturated rings. The van der Waals surface area contributed by atoms with E-state index in [-0.39, 0.29) is 24.5 Å². The van der Waals surface area contributed by atoms with Crippen LogP contribution in [-0.4, -0.2) is 29.1 Å². The Morgan fingerprint density at radius 2 is 2.00 bits per heavy atom. The number of nitrogens with one attached hydrogen (secondary N) is 1. The first-order valence-electron chi connectivity index (χ1n) is 7.83. The van der Waals surface area contributed by atoms with E-state index in [9.17, 15) is 19.1 Å². The third-order valence-electron chi connectivity index (χ3n) is 4.17. The van der Waals surface area contributed by atoms with E-state index in [0.29, 0.717) is 16.3 Å². The summed E-state index contributed by atoms with van der Waals surface area (Å²) >= 11 is 11.7. The van der Waals surface area contributed by atoms with Gasteiger partial charge >= 0.3 is 0 Å². The maximum Gasteiger partial charge on any atom is 0.268 e. The third-order valence-corrected chi connectivity index (χ3v) is 4.62. The molecule has 2 amide bonds. The number of rotatable bonds is 4. The molecule has 0 aromatic heterocycles. The van der Waals surface area contributed by atoms with Gasteiger partial charge in [0.1, 0.15) is 5.82 Å². The van der Waals surface area contributed by atoms with Gasteiger partial charge in [-0.3, -0.25) is 9.59 Å². The summed E-state index contributed by atoms with van der Waals surface area (Å²) in [6, 6.07) is 10.4. The molecule has 0 spiro atoms. The van der Waals surface area contributed by atoms with Crippen molar-refractivity contribution in [3.05, 3.63) is 63.9 Å². The first-order valence-corrected chi connectivity index (χ1v) is 8.58. The smallest absolute Gasteiger partial charge is 0.268 e. The van der Waals surface area contributed by atoms with Crippen LogP contribution < -0.4 is 10.2 Å². The lowest BCUT2D eigenvalue weighted by Crippen LogP contribution is -2.52. The number of aliphatic hydroxyl groups is 1. The van der Waals surface area contributed by atoms with Gasteiger partial charge in [0.05, 0.1) is 0 Å². The van der Waals surface area contributed by atoms with E-state index in [0.717, 1.165) is 6.07 Å². The predicted octanol–water partition coefficient (Wildman–Crippen LogP) is 2.92. The SMILES string of the molecule is O=C(NCc1cc(F)cc(Cl)c1)C1(O)CCN(c2cccc(Cl)c2)C1=O. The Balaban J connectivity index is 1.71. The topological polar surface area (TPSA) is 69.6 Å². The first-order chi connectivity index (χ1) is 12.3. The Morgan fingerprint density at radius 3 is 2.69 bits per heavy atom. The molecule has 2 N–H and O–H groups in total. The van der Waals surface area contributed by atoms with E-state index in [1.165, 1.54) is 17.0 Å². The molecule has 1 heterocycles. The van der Waals surface area contributed by atoms with E-state index in [1.807, 2.05) is 0 Å². The summed E-state index contributed by atoms with van der Waals surface area (Å²) in [5.74, 6) is -2.11. The predicted molar refractivity (Wildman–Crippen MR) is 96.6 cm³/mol. The molecule has 1 saturated heterocycles. The van der Waals surface area contributed by atoms with Crippen LogP contribution in [0.5, 0.6) is 0 Å². The third kappa shape index (κ3) is 3.67. The summed E-state index contributed by atoms with van der Waals surface area (Å²) in [5, 5.41) is 13.7. The van der Waals surface area contributed by atoms with Gasteiger partial charge in [0, 0.05) is 35.2 Å². The monoisotopic (exact) mass is 396 g/mol. The molecule has 0 aliphatic carbocycles. The summed E-state index contributed by atoms with van der Waals surface area (Å²) in [6.45, 7) is 0.109. The van der Waals surface area contributed by atoms with Crippen LogP contribution in [0.4, 0.5) is 10.1 Å². The number of nitrogens with zero attached hydrogens (tertiary/aromatic N) is 1. The lowest BCUT2D eigenvalue weighted by molar-refractivity contribution is -0.149. The van der Waals surface area contributed by atoms with Crippen LogP contribution in [0.2, 0.25) is 10.0 Å². The average molecular weight is 397 g/mol. The Morgan fingerprint density at radius 1 is 1.23 bits per heavy atom. The summed E-state index contributed by atoms with van der Waals surface area (Å²) < 4.78 is 13.3. The second kappa shape index (κ2) is 7.23. The molecule has 8 heteroatoms. The van der Waals surface area contributed by atoms with Crippen molar-refractivity contribution in [1.82, 2.24) is 5.32 Å². The molecule has 2 aromatic carbocycles. The molecule has 2 aromatic rings. The van der Waals surface area contributed by atoms with Crippen LogP contribution >= 0.6 is 23.2 Å². The second-order valence-corrected chi connectivity index (χ2v) is 6.88. The fourth-order valence-electron chi connectivity index (χ4n) is 2.85. The molecule has 0 saturated carbocycles.